The van der Waals surface area contributed by atoms with E-state index in [1.165, 1.54) is 16.7 Å². The van der Waals surface area contributed by atoms with Crippen LogP contribution in [-0.4, -0.2) is 15.1 Å². The molecule has 0 bridgehead atoms. The maximum atomic E-state index is 10.5. The Morgan fingerprint density at radius 1 is 0.676 bits per heavy atom. The molecule has 4 heteroatoms. The summed E-state index contributed by atoms with van der Waals surface area (Å²) in [5, 5.41) is 10.5. The van der Waals surface area contributed by atoms with Crippen molar-refractivity contribution in [3.8, 4) is 51.0 Å². The second kappa shape index (κ2) is 9.20. The number of aromatic hydroxyl groups is 1. The maximum Gasteiger partial charge on any atom is 0.219 e. The third-order valence-electron chi connectivity index (χ3n) is 5.77. The van der Waals surface area contributed by atoms with Gasteiger partial charge in [0.15, 0.2) is 0 Å². The van der Waals surface area contributed by atoms with Gasteiger partial charge < -0.3 is 9.84 Å². The molecule has 0 unspecified atom stereocenters. The van der Waals surface area contributed by atoms with Crippen molar-refractivity contribution >= 4 is 0 Å². The van der Waals surface area contributed by atoms with Gasteiger partial charge in [-0.2, -0.15) is 0 Å². The van der Waals surface area contributed by atoms with E-state index in [9.17, 15) is 5.11 Å². The number of ether oxygens (including phenoxy) is 1. The van der Waals surface area contributed by atoms with Gasteiger partial charge in [-0.3, -0.25) is 0 Å². The zero-order valence-corrected chi connectivity index (χ0v) is 19.1. The number of hydrogen-bond acceptors (Lipinski definition) is 4. The highest BCUT2D eigenvalue weighted by molar-refractivity contribution is 5.81. The van der Waals surface area contributed by atoms with E-state index in [2.05, 4.69) is 43.1 Å². The van der Waals surface area contributed by atoms with Gasteiger partial charge in [0.05, 0.1) is 11.4 Å². The summed E-state index contributed by atoms with van der Waals surface area (Å²) >= 11 is 0. The first-order valence-corrected chi connectivity index (χ1v) is 11.1. The molecule has 5 rings (SSSR count). The Bertz CT molecular complexity index is 1440. The van der Waals surface area contributed by atoms with E-state index < -0.39 is 0 Å². The summed E-state index contributed by atoms with van der Waals surface area (Å²) in [6, 6.07) is 31.1. The molecule has 3 aromatic carbocycles. The molecular weight excluding hydrogens is 420 g/mol. The molecule has 0 saturated heterocycles. The van der Waals surface area contributed by atoms with Crippen LogP contribution in [0.3, 0.4) is 0 Å². The molecule has 0 fully saturated rings. The quantitative estimate of drug-likeness (QED) is 0.303. The molecule has 2 heterocycles. The van der Waals surface area contributed by atoms with Crippen LogP contribution in [0.15, 0.2) is 103 Å². The lowest BCUT2D eigenvalue weighted by atomic mass is 9.93. The minimum absolute atomic E-state index is 0.201. The van der Waals surface area contributed by atoms with Gasteiger partial charge >= 0.3 is 0 Å². The normalized spacial score (nSPS) is 10.8. The Kier molecular flexibility index (Phi) is 5.79. The Morgan fingerprint density at radius 2 is 1.41 bits per heavy atom. The van der Waals surface area contributed by atoms with E-state index in [0.717, 1.165) is 16.8 Å². The average molecular weight is 445 g/mol. The van der Waals surface area contributed by atoms with E-state index in [1.54, 1.807) is 12.3 Å². The molecule has 5 aromatic rings. The first-order chi connectivity index (χ1) is 16.6. The largest absolute Gasteiger partial charge is 0.507 e. The van der Waals surface area contributed by atoms with Crippen molar-refractivity contribution in [2.45, 2.75) is 13.8 Å². The predicted molar refractivity (Wildman–Crippen MR) is 136 cm³/mol. The molecule has 0 atom stereocenters. The second-order valence-electron chi connectivity index (χ2n) is 8.21. The Balaban J connectivity index is 1.66. The van der Waals surface area contributed by atoms with Gasteiger partial charge in [0.25, 0.3) is 0 Å². The van der Waals surface area contributed by atoms with E-state index >= 15 is 0 Å². The fourth-order valence-corrected chi connectivity index (χ4v) is 4.17. The smallest absolute Gasteiger partial charge is 0.219 e. The third kappa shape index (κ3) is 4.39. The summed E-state index contributed by atoms with van der Waals surface area (Å²) in [6.45, 7) is 4.23. The minimum atomic E-state index is 0.201. The van der Waals surface area contributed by atoms with Crippen LogP contribution in [0, 0.1) is 13.8 Å². The summed E-state index contributed by atoms with van der Waals surface area (Å²) in [4.78, 5) is 9.18. The molecule has 0 spiro atoms. The lowest BCUT2D eigenvalue weighted by molar-refractivity contribution is 0.463. The van der Waals surface area contributed by atoms with Gasteiger partial charge in [-0.1, -0.05) is 48.5 Å². The molecule has 0 saturated carbocycles. The number of nitrogens with zero attached hydrogens (tertiary/aromatic N) is 2. The van der Waals surface area contributed by atoms with Crippen LogP contribution in [0.4, 0.5) is 0 Å². The van der Waals surface area contributed by atoms with Crippen molar-refractivity contribution in [1.29, 1.82) is 0 Å². The number of phenols is 1. The summed E-state index contributed by atoms with van der Waals surface area (Å²) in [5.41, 5.74) is 7.71. The number of aryl methyl sites for hydroxylation is 2. The van der Waals surface area contributed by atoms with Crippen molar-refractivity contribution in [2.24, 2.45) is 0 Å². The summed E-state index contributed by atoms with van der Waals surface area (Å²) in [5.74, 6) is 1.42. The Hall–Kier alpha value is -4.44. The molecule has 2 aromatic heterocycles. The third-order valence-corrected chi connectivity index (χ3v) is 5.77. The SMILES string of the molecule is Cc1cccc(C)c1-c1cc(-c2cccc(Oc3ccccn3)c2)nc(-c2ccccc2O)c1. The minimum Gasteiger partial charge on any atom is -0.507 e. The highest BCUT2D eigenvalue weighted by Crippen LogP contribution is 2.36. The van der Waals surface area contributed by atoms with Crippen LogP contribution in [0.1, 0.15) is 11.1 Å². The van der Waals surface area contributed by atoms with E-state index in [4.69, 9.17) is 9.72 Å². The zero-order valence-electron chi connectivity index (χ0n) is 19.1. The lowest BCUT2D eigenvalue weighted by Gasteiger charge is -2.15. The molecule has 34 heavy (non-hydrogen) atoms. The molecule has 0 radical (unpaired) electrons. The van der Waals surface area contributed by atoms with Gasteiger partial charge in [0.2, 0.25) is 5.88 Å². The molecule has 0 aliphatic heterocycles. The highest BCUT2D eigenvalue weighted by Gasteiger charge is 2.14. The van der Waals surface area contributed by atoms with Crippen molar-refractivity contribution in [1.82, 2.24) is 9.97 Å². The standard InChI is InChI=1S/C30H24N2O2/c1-20-9-7-10-21(2)30(20)23-18-26(32-27(19-23)25-13-3-4-14-28(25)33)22-11-8-12-24(17-22)34-29-15-5-6-16-31-29/h3-19,33H,1-2H3. The average Bonchev–Trinajstić information content (AvgIpc) is 2.85. The predicted octanol–water partition coefficient (Wildman–Crippen LogP) is 7.59. The lowest BCUT2D eigenvalue weighted by Crippen LogP contribution is -1.95. The van der Waals surface area contributed by atoms with Crippen LogP contribution in [0.2, 0.25) is 0 Å². The van der Waals surface area contributed by atoms with Crippen LogP contribution >= 0.6 is 0 Å². The van der Waals surface area contributed by atoms with E-state index in [-0.39, 0.29) is 5.75 Å². The van der Waals surface area contributed by atoms with Gasteiger partial charge in [0, 0.05) is 23.4 Å². The van der Waals surface area contributed by atoms with Gasteiger partial charge in [-0.25, -0.2) is 9.97 Å². The van der Waals surface area contributed by atoms with Crippen LogP contribution in [0.5, 0.6) is 17.4 Å². The first-order valence-electron chi connectivity index (χ1n) is 11.1. The molecule has 166 valence electrons. The Labute approximate surface area is 199 Å². The topological polar surface area (TPSA) is 55.2 Å². The fourth-order valence-electron chi connectivity index (χ4n) is 4.17. The molecule has 4 nitrogen and oxygen atoms in total. The van der Waals surface area contributed by atoms with Crippen molar-refractivity contribution in [3.05, 3.63) is 114 Å². The number of aromatic nitrogens is 2. The second-order valence-corrected chi connectivity index (χ2v) is 8.21. The molecular formula is C30H24N2O2. The Morgan fingerprint density at radius 3 is 2.18 bits per heavy atom. The summed E-state index contributed by atoms with van der Waals surface area (Å²) in [6.07, 6.45) is 1.70. The van der Waals surface area contributed by atoms with E-state index in [0.29, 0.717) is 22.9 Å². The molecule has 0 aliphatic carbocycles. The van der Waals surface area contributed by atoms with Crippen molar-refractivity contribution in [2.75, 3.05) is 0 Å². The van der Waals surface area contributed by atoms with E-state index in [1.807, 2.05) is 66.7 Å². The maximum absolute atomic E-state index is 10.5. The molecule has 0 aliphatic rings. The van der Waals surface area contributed by atoms with Crippen molar-refractivity contribution in [3.63, 3.8) is 0 Å². The monoisotopic (exact) mass is 444 g/mol. The number of rotatable bonds is 5. The number of hydrogen-bond donors (Lipinski definition) is 1. The van der Waals surface area contributed by atoms with Gasteiger partial charge in [-0.05, 0) is 78.6 Å². The molecule has 0 amide bonds. The number of para-hydroxylation sites is 1. The van der Waals surface area contributed by atoms with Gasteiger partial charge in [-0.15, -0.1) is 0 Å². The number of phenolic OH excluding ortho intramolecular Hbond substituents is 1. The summed E-state index contributed by atoms with van der Waals surface area (Å²) in [7, 11) is 0. The van der Waals surface area contributed by atoms with Crippen LogP contribution in [0.25, 0.3) is 33.6 Å². The number of benzene rings is 3. The molecule has 1 N–H and O–H groups in total. The first kappa shape index (κ1) is 21.4. The van der Waals surface area contributed by atoms with Gasteiger partial charge in [0.1, 0.15) is 11.5 Å². The van der Waals surface area contributed by atoms with Crippen LogP contribution in [-0.2, 0) is 0 Å². The fraction of sp³-hybridized carbons (Fsp3) is 0.0667. The van der Waals surface area contributed by atoms with Crippen LogP contribution < -0.4 is 4.74 Å². The highest BCUT2D eigenvalue weighted by atomic mass is 16.5. The summed E-state index contributed by atoms with van der Waals surface area (Å²) < 4.78 is 5.95. The van der Waals surface area contributed by atoms with Crippen molar-refractivity contribution < 1.29 is 9.84 Å². The zero-order chi connectivity index (χ0) is 23.5. The number of pyridine rings is 2.